The van der Waals surface area contributed by atoms with Crippen LogP contribution in [-0.4, -0.2) is 37.6 Å². The molecule has 1 aliphatic rings. The zero-order valence-electron chi connectivity index (χ0n) is 11.6. The summed E-state index contributed by atoms with van der Waals surface area (Å²) < 4.78 is 29.9. The van der Waals surface area contributed by atoms with Crippen molar-refractivity contribution in [2.24, 2.45) is 0 Å². The number of thiazole rings is 1. The second-order valence-corrected chi connectivity index (χ2v) is 5.84. The van der Waals surface area contributed by atoms with E-state index < -0.39 is 6.43 Å². The van der Waals surface area contributed by atoms with Gasteiger partial charge in [-0.1, -0.05) is 0 Å². The van der Waals surface area contributed by atoms with E-state index in [-0.39, 0.29) is 18.4 Å². The second-order valence-electron chi connectivity index (χ2n) is 4.77. The molecule has 1 atom stereocenters. The van der Waals surface area contributed by atoms with Crippen LogP contribution in [0, 0.1) is 0 Å². The SMILES string of the molecule is CCOC(=O)C1CCCc2sc(N(C)CC(F)F)nc21. The molecule has 0 aromatic carbocycles. The zero-order valence-corrected chi connectivity index (χ0v) is 12.4. The van der Waals surface area contributed by atoms with Crippen LogP contribution < -0.4 is 4.90 Å². The number of fused-ring (bicyclic) bond motifs is 1. The maximum atomic E-state index is 12.4. The highest BCUT2D eigenvalue weighted by molar-refractivity contribution is 7.15. The van der Waals surface area contributed by atoms with Crippen molar-refractivity contribution in [2.75, 3.05) is 25.1 Å². The smallest absolute Gasteiger partial charge is 0.315 e. The molecular formula is C13H18F2N2O2S. The van der Waals surface area contributed by atoms with Gasteiger partial charge in [0.05, 0.1) is 18.8 Å². The van der Waals surface area contributed by atoms with Crippen LogP contribution >= 0.6 is 11.3 Å². The van der Waals surface area contributed by atoms with Crippen molar-refractivity contribution in [3.63, 3.8) is 0 Å². The number of carbonyl (C=O) groups excluding carboxylic acids is 1. The van der Waals surface area contributed by atoms with Crippen LogP contribution in [0.5, 0.6) is 0 Å². The third-order valence-corrected chi connectivity index (χ3v) is 4.50. The van der Waals surface area contributed by atoms with E-state index in [1.807, 2.05) is 0 Å². The summed E-state index contributed by atoms with van der Waals surface area (Å²) in [4.78, 5) is 18.8. The highest BCUT2D eigenvalue weighted by Gasteiger charge is 2.31. The van der Waals surface area contributed by atoms with Gasteiger partial charge in [-0.2, -0.15) is 0 Å². The Balaban J connectivity index is 2.20. The number of nitrogens with zero attached hydrogens (tertiary/aromatic N) is 2. The minimum atomic E-state index is -2.40. The van der Waals surface area contributed by atoms with Gasteiger partial charge in [-0.15, -0.1) is 11.3 Å². The first-order valence-corrected chi connectivity index (χ1v) is 7.50. The Kier molecular flexibility index (Phi) is 4.91. The lowest BCUT2D eigenvalue weighted by atomic mass is 9.91. The lowest BCUT2D eigenvalue weighted by molar-refractivity contribution is -0.145. The maximum Gasteiger partial charge on any atom is 0.315 e. The Morgan fingerprint density at radius 3 is 3.00 bits per heavy atom. The number of hydrogen-bond acceptors (Lipinski definition) is 5. The van der Waals surface area contributed by atoms with Gasteiger partial charge in [0, 0.05) is 11.9 Å². The fourth-order valence-electron chi connectivity index (χ4n) is 2.33. The second kappa shape index (κ2) is 6.47. The quantitative estimate of drug-likeness (QED) is 0.785. The average molecular weight is 304 g/mol. The molecular weight excluding hydrogens is 286 g/mol. The van der Waals surface area contributed by atoms with Gasteiger partial charge in [-0.3, -0.25) is 4.79 Å². The molecule has 1 aromatic rings. The van der Waals surface area contributed by atoms with Crippen molar-refractivity contribution in [1.29, 1.82) is 0 Å². The minimum absolute atomic E-state index is 0.262. The topological polar surface area (TPSA) is 42.4 Å². The standard InChI is InChI=1S/C13H18F2N2O2S/c1-3-19-12(18)8-5-4-6-9-11(8)16-13(20-9)17(2)7-10(14)15/h8,10H,3-7H2,1-2H3. The van der Waals surface area contributed by atoms with E-state index in [4.69, 9.17) is 4.74 Å². The number of esters is 1. The first kappa shape index (κ1) is 15.2. The number of carbonyl (C=O) groups is 1. The molecule has 4 nitrogen and oxygen atoms in total. The Morgan fingerprint density at radius 2 is 2.35 bits per heavy atom. The number of alkyl halides is 2. The highest BCUT2D eigenvalue weighted by atomic mass is 32.1. The van der Waals surface area contributed by atoms with Gasteiger partial charge in [0.25, 0.3) is 6.43 Å². The highest BCUT2D eigenvalue weighted by Crippen LogP contribution is 2.38. The largest absolute Gasteiger partial charge is 0.465 e. The third kappa shape index (κ3) is 3.26. The molecule has 7 heteroatoms. The van der Waals surface area contributed by atoms with Crippen molar-refractivity contribution in [1.82, 2.24) is 4.98 Å². The summed E-state index contributed by atoms with van der Waals surface area (Å²) >= 11 is 1.40. The van der Waals surface area contributed by atoms with Crippen LogP contribution in [-0.2, 0) is 16.0 Å². The molecule has 0 fully saturated rings. The van der Waals surface area contributed by atoms with Gasteiger partial charge < -0.3 is 9.64 Å². The van der Waals surface area contributed by atoms with E-state index in [1.54, 1.807) is 14.0 Å². The molecule has 0 amide bonds. The molecule has 0 bridgehead atoms. The summed E-state index contributed by atoms with van der Waals surface area (Å²) in [6.45, 7) is 1.76. The summed E-state index contributed by atoms with van der Waals surface area (Å²) in [6, 6.07) is 0. The van der Waals surface area contributed by atoms with Gasteiger partial charge in [0.2, 0.25) is 0 Å². The number of rotatable bonds is 5. The number of halogens is 2. The van der Waals surface area contributed by atoms with Gasteiger partial charge in [0.15, 0.2) is 5.13 Å². The van der Waals surface area contributed by atoms with Crippen LogP contribution in [0.25, 0.3) is 0 Å². The van der Waals surface area contributed by atoms with Crippen LogP contribution in [0.15, 0.2) is 0 Å². The maximum absolute atomic E-state index is 12.4. The molecule has 0 spiro atoms. The predicted molar refractivity (Wildman–Crippen MR) is 73.7 cm³/mol. The van der Waals surface area contributed by atoms with Crippen LogP contribution in [0.4, 0.5) is 13.9 Å². The molecule has 1 aliphatic carbocycles. The normalized spacial score (nSPS) is 17.9. The molecule has 1 aromatic heterocycles. The summed E-state index contributed by atoms with van der Waals surface area (Å²) in [5.41, 5.74) is 0.718. The third-order valence-electron chi connectivity index (χ3n) is 3.25. The van der Waals surface area contributed by atoms with Crippen molar-refractivity contribution < 1.29 is 18.3 Å². The molecule has 0 aliphatic heterocycles. The van der Waals surface area contributed by atoms with E-state index in [9.17, 15) is 13.6 Å². The van der Waals surface area contributed by atoms with Gasteiger partial charge in [-0.05, 0) is 26.2 Å². The zero-order chi connectivity index (χ0) is 14.7. The van der Waals surface area contributed by atoms with Crippen molar-refractivity contribution in [3.8, 4) is 0 Å². The van der Waals surface area contributed by atoms with Gasteiger partial charge in [0.1, 0.15) is 5.92 Å². The predicted octanol–water partition coefficient (Wildman–Crippen LogP) is 2.83. The number of ether oxygens (including phenoxy) is 1. The summed E-state index contributed by atoms with van der Waals surface area (Å²) in [7, 11) is 1.59. The van der Waals surface area contributed by atoms with Crippen LogP contribution in [0.3, 0.4) is 0 Å². The van der Waals surface area contributed by atoms with Crippen LogP contribution in [0.2, 0.25) is 0 Å². The van der Waals surface area contributed by atoms with Crippen LogP contribution in [0.1, 0.15) is 36.3 Å². The molecule has 0 N–H and O–H groups in total. The Bertz CT molecular complexity index is 479. The monoisotopic (exact) mass is 304 g/mol. The lowest BCUT2D eigenvalue weighted by Gasteiger charge is -2.19. The van der Waals surface area contributed by atoms with E-state index in [1.165, 1.54) is 16.2 Å². The van der Waals surface area contributed by atoms with Gasteiger partial charge >= 0.3 is 5.97 Å². The van der Waals surface area contributed by atoms with E-state index in [0.29, 0.717) is 18.2 Å². The minimum Gasteiger partial charge on any atom is -0.465 e. The lowest BCUT2D eigenvalue weighted by Crippen LogP contribution is -2.24. The summed E-state index contributed by atoms with van der Waals surface area (Å²) in [5, 5.41) is 0.548. The first-order chi connectivity index (χ1) is 9.52. The van der Waals surface area contributed by atoms with Crippen molar-refractivity contribution >= 4 is 22.4 Å². The molecule has 20 heavy (non-hydrogen) atoms. The number of aryl methyl sites for hydroxylation is 1. The molecule has 0 radical (unpaired) electrons. The van der Waals surface area contributed by atoms with Gasteiger partial charge in [-0.25, -0.2) is 13.8 Å². The molecule has 1 unspecified atom stereocenters. The number of aromatic nitrogens is 1. The van der Waals surface area contributed by atoms with E-state index >= 15 is 0 Å². The number of anilines is 1. The van der Waals surface area contributed by atoms with E-state index in [2.05, 4.69) is 4.98 Å². The molecule has 1 heterocycles. The molecule has 0 saturated carbocycles. The fourth-order valence-corrected chi connectivity index (χ4v) is 3.46. The summed E-state index contributed by atoms with van der Waals surface area (Å²) in [5.74, 6) is -0.606. The Morgan fingerprint density at radius 1 is 1.60 bits per heavy atom. The average Bonchev–Trinajstić information content (AvgIpc) is 2.81. The van der Waals surface area contributed by atoms with E-state index in [0.717, 1.165) is 23.4 Å². The molecule has 112 valence electrons. The van der Waals surface area contributed by atoms with Crippen molar-refractivity contribution in [3.05, 3.63) is 10.6 Å². The molecule has 2 rings (SSSR count). The first-order valence-electron chi connectivity index (χ1n) is 6.68. The Labute approximate surface area is 120 Å². The van der Waals surface area contributed by atoms with Crippen molar-refractivity contribution in [2.45, 2.75) is 38.5 Å². The fraction of sp³-hybridized carbons (Fsp3) is 0.692. The summed E-state index contributed by atoms with van der Waals surface area (Å²) in [6.07, 6.45) is 0.0668. The molecule has 0 saturated heterocycles. The Hall–Kier alpha value is -1.24. The number of hydrogen-bond donors (Lipinski definition) is 0.